The second-order valence-electron chi connectivity index (χ2n) is 2.41. The molecule has 1 unspecified atom stereocenters. The molecule has 0 radical (unpaired) electrons. The van der Waals surface area contributed by atoms with Crippen LogP contribution in [-0.4, -0.2) is 11.5 Å². The Morgan fingerprint density at radius 3 is 2.58 bits per heavy atom. The van der Waals surface area contributed by atoms with Gasteiger partial charge in [-0.25, -0.2) is 0 Å². The van der Waals surface area contributed by atoms with Crippen molar-refractivity contribution < 1.29 is 9.42 Å². The van der Waals surface area contributed by atoms with E-state index in [1.54, 1.807) is 0 Å². The molecule has 1 N–H and O–H groups in total. The van der Waals surface area contributed by atoms with Crippen molar-refractivity contribution in [3.63, 3.8) is 0 Å². The van der Waals surface area contributed by atoms with E-state index in [9.17, 15) is 4.89 Å². The highest BCUT2D eigenvalue weighted by Crippen LogP contribution is 2.35. The maximum atomic E-state index is 9.35. The maximum Gasteiger partial charge on any atom is 0.172 e. The lowest BCUT2D eigenvalue weighted by atomic mass is 10.2. The standard InChI is InChI=1S/C9H13O2P/c1-2-11-12(10)8-9-6-4-3-5-7-9/h3-7,10H,2,8H2,1H3. The molecule has 0 fully saturated rings. The van der Waals surface area contributed by atoms with Crippen LogP contribution in [0.5, 0.6) is 0 Å². The van der Waals surface area contributed by atoms with Crippen LogP contribution in [-0.2, 0) is 10.7 Å². The van der Waals surface area contributed by atoms with Crippen LogP contribution in [0.1, 0.15) is 12.5 Å². The lowest BCUT2D eigenvalue weighted by molar-refractivity contribution is 0.328. The number of benzene rings is 1. The van der Waals surface area contributed by atoms with Gasteiger partial charge in [0, 0.05) is 6.16 Å². The molecule has 1 atom stereocenters. The van der Waals surface area contributed by atoms with Gasteiger partial charge in [-0.2, -0.15) is 0 Å². The van der Waals surface area contributed by atoms with Gasteiger partial charge in [-0.15, -0.1) is 0 Å². The molecule has 2 nitrogen and oxygen atoms in total. The van der Waals surface area contributed by atoms with E-state index in [1.807, 2.05) is 37.3 Å². The van der Waals surface area contributed by atoms with Gasteiger partial charge in [0.1, 0.15) is 0 Å². The molecule has 12 heavy (non-hydrogen) atoms. The van der Waals surface area contributed by atoms with Crippen molar-refractivity contribution in [3.05, 3.63) is 35.9 Å². The average Bonchev–Trinajstić information content (AvgIpc) is 2.06. The van der Waals surface area contributed by atoms with Crippen molar-refractivity contribution >= 4 is 8.38 Å². The average molecular weight is 184 g/mol. The monoisotopic (exact) mass is 184 g/mol. The summed E-state index contributed by atoms with van der Waals surface area (Å²) < 4.78 is 5.07. The van der Waals surface area contributed by atoms with Gasteiger partial charge in [-0.1, -0.05) is 30.3 Å². The zero-order chi connectivity index (χ0) is 8.81. The van der Waals surface area contributed by atoms with Crippen molar-refractivity contribution in [1.82, 2.24) is 0 Å². The normalized spacial score (nSPS) is 12.8. The predicted octanol–water partition coefficient (Wildman–Crippen LogP) is 2.53. The van der Waals surface area contributed by atoms with E-state index in [-0.39, 0.29) is 0 Å². The van der Waals surface area contributed by atoms with Crippen LogP contribution in [0.3, 0.4) is 0 Å². The smallest absolute Gasteiger partial charge is 0.172 e. The fourth-order valence-electron chi connectivity index (χ4n) is 0.934. The molecule has 0 spiro atoms. The SMILES string of the molecule is CCOP(O)Cc1ccccc1. The van der Waals surface area contributed by atoms with Crippen molar-refractivity contribution in [2.45, 2.75) is 13.1 Å². The summed E-state index contributed by atoms with van der Waals surface area (Å²) in [6.07, 6.45) is 0.629. The third kappa shape index (κ3) is 3.31. The summed E-state index contributed by atoms with van der Waals surface area (Å²) in [6.45, 7) is 2.46. The highest BCUT2D eigenvalue weighted by Gasteiger charge is 2.03. The minimum Gasteiger partial charge on any atom is -0.350 e. The quantitative estimate of drug-likeness (QED) is 0.728. The Kier molecular flexibility index (Phi) is 4.23. The highest BCUT2D eigenvalue weighted by molar-refractivity contribution is 7.45. The van der Waals surface area contributed by atoms with E-state index < -0.39 is 8.38 Å². The molecule has 0 heterocycles. The van der Waals surface area contributed by atoms with Gasteiger partial charge in [0.25, 0.3) is 0 Å². The summed E-state index contributed by atoms with van der Waals surface area (Å²) >= 11 is 0. The molecule has 0 aliphatic carbocycles. The molecule has 0 saturated heterocycles. The van der Waals surface area contributed by atoms with Crippen LogP contribution in [0.2, 0.25) is 0 Å². The molecule has 0 aliphatic rings. The third-order valence-electron chi connectivity index (χ3n) is 1.44. The zero-order valence-corrected chi connectivity index (χ0v) is 8.00. The van der Waals surface area contributed by atoms with E-state index >= 15 is 0 Å². The molecule has 0 aliphatic heterocycles. The summed E-state index contributed by atoms with van der Waals surface area (Å²) in [4.78, 5) is 9.35. The van der Waals surface area contributed by atoms with Crippen molar-refractivity contribution in [3.8, 4) is 0 Å². The Bertz CT molecular complexity index is 213. The van der Waals surface area contributed by atoms with E-state index in [0.717, 1.165) is 5.56 Å². The lowest BCUT2D eigenvalue weighted by Gasteiger charge is -2.08. The molecule has 3 heteroatoms. The summed E-state index contributed by atoms with van der Waals surface area (Å²) in [5.74, 6) is 0. The Hall–Kier alpha value is -0.430. The fourth-order valence-corrected chi connectivity index (χ4v) is 1.85. The van der Waals surface area contributed by atoms with Crippen LogP contribution >= 0.6 is 8.38 Å². The third-order valence-corrected chi connectivity index (χ3v) is 2.63. The summed E-state index contributed by atoms with van der Waals surface area (Å²) in [5, 5.41) is 0. The van der Waals surface area contributed by atoms with Gasteiger partial charge < -0.3 is 9.42 Å². The Morgan fingerprint density at radius 2 is 2.00 bits per heavy atom. The molecule has 1 aromatic carbocycles. The van der Waals surface area contributed by atoms with Crippen LogP contribution in [0, 0.1) is 0 Å². The van der Waals surface area contributed by atoms with Gasteiger partial charge in [0.05, 0.1) is 6.61 Å². The minimum atomic E-state index is -1.26. The minimum absolute atomic E-state index is 0.578. The molecule has 0 saturated carbocycles. The molecule has 1 aromatic rings. The Labute approximate surface area is 74.1 Å². The molecule has 0 amide bonds. The van der Waals surface area contributed by atoms with Crippen molar-refractivity contribution in [1.29, 1.82) is 0 Å². The summed E-state index contributed by atoms with van der Waals surface area (Å²) in [7, 11) is -1.26. The van der Waals surface area contributed by atoms with Crippen LogP contribution < -0.4 is 0 Å². The Morgan fingerprint density at radius 1 is 1.33 bits per heavy atom. The molecular weight excluding hydrogens is 171 g/mol. The first kappa shape index (κ1) is 9.66. The summed E-state index contributed by atoms with van der Waals surface area (Å²) in [5.41, 5.74) is 1.12. The van der Waals surface area contributed by atoms with E-state index in [0.29, 0.717) is 12.8 Å². The maximum absolute atomic E-state index is 9.35. The second-order valence-corrected chi connectivity index (χ2v) is 3.69. The number of hydrogen-bond donors (Lipinski definition) is 1. The molecular formula is C9H13O2P. The molecule has 0 bridgehead atoms. The summed E-state index contributed by atoms with van der Waals surface area (Å²) in [6, 6.07) is 9.87. The zero-order valence-electron chi connectivity index (χ0n) is 7.10. The van der Waals surface area contributed by atoms with Crippen LogP contribution in [0.25, 0.3) is 0 Å². The lowest BCUT2D eigenvalue weighted by Crippen LogP contribution is -1.87. The first-order valence-electron chi connectivity index (χ1n) is 3.96. The van der Waals surface area contributed by atoms with Gasteiger partial charge in [0.15, 0.2) is 8.38 Å². The molecule has 66 valence electrons. The molecule has 1 rings (SSSR count). The molecule has 0 aromatic heterocycles. The van der Waals surface area contributed by atoms with Gasteiger partial charge in [-0.05, 0) is 12.5 Å². The van der Waals surface area contributed by atoms with Crippen molar-refractivity contribution in [2.24, 2.45) is 0 Å². The fraction of sp³-hybridized carbons (Fsp3) is 0.333. The van der Waals surface area contributed by atoms with Crippen LogP contribution in [0.15, 0.2) is 30.3 Å². The van der Waals surface area contributed by atoms with E-state index in [4.69, 9.17) is 4.52 Å². The van der Waals surface area contributed by atoms with E-state index in [2.05, 4.69) is 0 Å². The Balaban J connectivity index is 2.41. The second kappa shape index (κ2) is 5.26. The van der Waals surface area contributed by atoms with Crippen molar-refractivity contribution in [2.75, 3.05) is 6.61 Å². The van der Waals surface area contributed by atoms with Gasteiger partial charge in [-0.3, -0.25) is 0 Å². The first-order chi connectivity index (χ1) is 5.83. The van der Waals surface area contributed by atoms with E-state index in [1.165, 1.54) is 0 Å². The van der Waals surface area contributed by atoms with Gasteiger partial charge in [0.2, 0.25) is 0 Å². The van der Waals surface area contributed by atoms with Gasteiger partial charge >= 0.3 is 0 Å². The first-order valence-corrected chi connectivity index (χ1v) is 5.36. The highest BCUT2D eigenvalue weighted by atomic mass is 31.2. The topological polar surface area (TPSA) is 29.5 Å². The number of hydrogen-bond acceptors (Lipinski definition) is 2. The largest absolute Gasteiger partial charge is 0.350 e. The van der Waals surface area contributed by atoms with Crippen LogP contribution in [0.4, 0.5) is 0 Å². The predicted molar refractivity (Wildman–Crippen MR) is 50.9 cm³/mol. The number of rotatable bonds is 4.